The van der Waals surface area contributed by atoms with Crippen LogP contribution < -0.4 is 4.18 Å². The second-order valence-corrected chi connectivity index (χ2v) is 6.67. The number of halogens is 6. The average molecular weight is 404 g/mol. The number of rotatable bonds is 2. The van der Waals surface area contributed by atoms with E-state index in [1.807, 2.05) is 0 Å². The number of imidazole rings is 1. The van der Waals surface area contributed by atoms with Crippen LogP contribution in [0.25, 0.3) is 16.7 Å². The van der Waals surface area contributed by atoms with Gasteiger partial charge in [-0.1, -0.05) is 23.2 Å². The lowest BCUT2D eigenvalue weighted by Gasteiger charge is -2.12. The summed E-state index contributed by atoms with van der Waals surface area (Å²) in [6.45, 7) is 0. The molecule has 0 unspecified atom stereocenters. The van der Waals surface area contributed by atoms with Crippen LogP contribution in [-0.2, 0) is 10.1 Å². The molecule has 0 amide bonds. The Hall–Kier alpha value is -1.85. The van der Waals surface area contributed by atoms with Crippen LogP contribution in [0.3, 0.4) is 0 Å². The van der Waals surface area contributed by atoms with Crippen molar-refractivity contribution in [2.45, 2.75) is 5.51 Å². The van der Waals surface area contributed by atoms with Gasteiger partial charge in [0, 0.05) is 18.5 Å². The van der Waals surface area contributed by atoms with E-state index in [1.165, 1.54) is 6.20 Å². The number of fused-ring (bicyclic) bond motifs is 3. The molecule has 2 heterocycles. The van der Waals surface area contributed by atoms with Gasteiger partial charge in [0.1, 0.15) is 5.82 Å². The van der Waals surface area contributed by atoms with Crippen molar-refractivity contribution in [1.82, 2.24) is 14.4 Å². The Balaban J connectivity index is 2.34. The lowest BCUT2D eigenvalue weighted by atomic mass is 10.3. The molecule has 1 aromatic carbocycles. The van der Waals surface area contributed by atoms with Gasteiger partial charge in [-0.3, -0.25) is 4.40 Å². The Morgan fingerprint density at radius 1 is 1.21 bits per heavy atom. The van der Waals surface area contributed by atoms with Gasteiger partial charge in [-0.15, -0.1) is 0 Å². The quantitative estimate of drug-likeness (QED) is 0.283. The van der Waals surface area contributed by atoms with E-state index in [9.17, 15) is 26.0 Å². The third kappa shape index (κ3) is 2.52. The molecular weight excluding hydrogens is 401 g/mol. The van der Waals surface area contributed by atoms with E-state index in [2.05, 4.69) is 14.2 Å². The summed E-state index contributed by atoms with van der Waals surface area (Å²) in [5, 5.41) is -0.704. The van der Waals surface area contributed by atoms with Crippen LogP contribution in [0.4, 0.5) is 17.6 Å². The first-order valence-corrected chi connectivity index (χ1v) is 8.00. The molecule has 0 atom stereocenters. The number of aromatic nitrogens is 3. The van der Waals surface area contributed by atoms with Crippen LogP contribution in [0.5, 0.6) is 5.88 Å². The summed E-state index contributed by atoms with van der Waals surface area (Å²) in [5.41, 5.74) is -6.30. The van der Waals surface area contributed by atoms with Gasteiger partial charge < -0.3 is 4.18 Å². The fraction of sp³-hybridized carbons (Fsp3) is 0.0909. The number of alkyl halides is 3. The average Bonchev–Trinajstić information content (AvgIpc) is 2.92. The molecule has 0 spiro atoms. The van der Waals surface area contributed by atoms with Crippen molar-refractivity contribution >= 4 is 50.0 Å². The van der Waals surface area contributed by atoms with Gasteiger partial charge in [0.15, 0.2) is 0 Å². The van der Waals surface area contributed by atoms with E-state index in [0.717, 1.165) is 16.7 Å². The fourth-order valence-electron chi connectivity index (χ4n) is 1.90. The van der Waals surface area contributed by atoms with Crippen LogP contribution >= 0.6 is 23.2 Å². The van der Waals surface area contributed by atoms with Gasteiger partial charge in [-0.25, -0.2) is 14.4 Å². The maximum atomic E-state index is 13.7. The number of nitrogens with zero attached hydrogens (tertiary/aromatic N) is 3. The van der Waals surface area contributed by atoms with Crippen molar-refractivity contribution in [2.24, 2.45) is 0 Å². The molecule has 13 heteroatoms. The molecule has 0 saturated carbocycles. The summed E-state index contributed by atoms with van der Waals surface area (Å²) in [5.74, 6) is -1.98. The SMILES string of the molecule is O=S(=O)(Oc1nc2cc(F)c(Cl)c(Cl)c2n2ccnc12)C(F)(F)F. The molecule has 0 aliphatic rings. The van der Waals surface area contributed by atoms with Gasteiger partial charge in [0.25, 0.3) is 5.88 Å². The van der Waals surface area contributed by atoms with E-state index in [0.29, 0.717) is 0 Å². The zero-order valence-corrected chi connectivity index (χ0v) is 13.3. The molecule has 2 aromatic heterocycles. The maximum Gasteiger partial charge on any atom is 0.534 e. The smallest absolute Gasteiger partial charge is 0.351 e. The highest BCUT2D eigenvalue weighted by Gasteiger charge is 2.49. The number of hydrogen-bond donors (Lipinski definition) is 0. The predicted molar refractivity (Wildman–Crippen MR) is 76.1 cm³/mol. The van der Waals surface area contributed by atoms with Crippen LogP contribution in [0.1, 0.15) is 0 Å². The molecule has 24 heavy (non-hydrogen) atoms. The van der Waals surface area contributed by atoms with Gasteiger partial charge in [-0.2, -0.15) is 21.6 Å². The first-order chi connectivity index (χ1) is 11.0. The molecule has 6 nitrogen and oxygen atoms in total. The van der Waals surface area contributed by atoms with Gasteiger partial charge in [0.2, 0.25) is 5.65 Å². The molecule has 0 fully saturated rings. The van der Waals surface area contributed by atoms with E-state index in [-0.39, 0.29) is 21.7 Å². The fourth-order valence-corrected chi connectivity index (χ4v) is 2.73. The van der Waals surface area contributed by atoms with Crippen molar-refractivity contribution in [3.8, 4) is 5.88 Å². The molecule has 3 rings (SSSR count). The minimum atomic E-state index is -5.99. The minimum absolute atomic E-state index is 0.0207. The molecule has 0 radical (unpaired) electrons. The van der Waals surface area contributed by atoms with Crippen LogP contribution in [0.15, 0.2) is 18.5 Å². The van der Waals surface area contributed by atoms with Crippen molar-refractivity contribution < 1.29 is 30.2 Å². The normalized spacial score (nSPS) is 12.9. The van der Waals surface area contributed by atoms with E-state index in [1.54, 1.807) is 0 Å². The molecule has 0 aliphatic carbocycles. The Kier molecular flexibility index (Phi) is 3.77. The Labute approximate surface area is 140 Å². The van der Waals surface area contributed by atoms with Gasteiger partial charge >= 0.3 is 15.6 Å². The summed E-state index contributed by atoms with van der Waals surface area (Å²) >= 11 is 11.6. The van der Waals surface area contributed by atoms with E-state index in [4.69, 9.17) is 23.2 Å². The Morgan fingerprint density at radius 2 is 1.88 bits per heavy atom. The van der Waals surface area contributed by atoms with Crippen molar-refractivity contribution in [3.63, 3.8) is 0 Å². The third-order valence-corrected chi connectivity index (χ3v) is 4.66. The standard InChI is InChI=1S/C11H3Cl2F4N3O3S/c12-6-4(14)3-5-8(7(6)13)20-2-1-18-9(20)10(19-5)23-24(21,22)11(15,16)17/h1-3H. The monoisotopic (exact) mass is 403 g/mol. The number of benzene rings is 1. The zero-order chi connectivity index (χ0) is 17.9. The second kappa shape index (κ2) is 5.33. The lowest BCUT2D eigenvalue weighted by Crippen LogP contribution is -2.28. The predicted octanol–water partition coefficient (Wildman–Crippen LogP) is 3.56. The molecule has 3 aromatic rings. The minimum Gasteiger partial charge on any atom is -0.351 e. The summed E-state index contributed by atoms with van der Waals surface area (Å²) in [6, 6.07) is 0.774. The highest BCUT2D eigenvalue weighted by molar-refractivity contribution is 7.88. The summed E-state index contributed by atoms with van der Waals surface area (Å²) in [4.78, 5) is 7.25. The first-order valence-electron chi connectivity index (χ1n) is 5.84. The molecular formula is C11H3Cl2F4N3O3S. The molecule has 0 aliphatic heterocycles. The molecule has 128 valence electrons. The molecule has 0 bridgehead atoms. The highest BCUT2D eigenvalue weighted by atomic mass is 35.5. The van der Waals surface area contributed by atoms with Crippen LogP contribution in [0.2, 0.25) is 10.0 Å². The van der Waals surface area contributed by atoms with Gasteiger partial charge in [0.05, 0.1) is 21.1 Å². The third-order valence-electron chi connectivity index (χ3n) is 2.88. The molecule has 0 N–H and O–H groups in total. The number of hydrogen-bond acceptors (Lipinski definition) is 5. The maximum absolute atomic E-state index is 13.7. The highest BCUT2D eigenvalue weighted by Crippen LogP contribution is 2.36. The topological polar surface area (TPSA) is 73.6 Å². The van der Waals surface area contributed by atoms with Crippen LogP contribution in [-0.4, -0.2) is 28.3 Å². The van der Waals surface area contributed by atoms with Crippen molar-refractivity contribution in [1.29, 1.82) is 0 Å². The van der Waals surface area contributed by atoms with Crippen molar-refractivity contribution in [2.75, 3.05) is 0 Å². The lowest BCUT2D eigenvalue weighted by molar-refractivity contribution is -0.0500. The van der Waals surface area contributed by atoms with Crippen LogP contribution in [0, 0.1) is 5.82 Å². The van der Waals surface area contributed by atoms with E-state index < -0.39 is 32.3 Å². The van der Waals surface area contributed by atoms with Gasteiger partial charge in [-0.05, 0) is 0 Å². The molecule has 0 saturated heterocycles. The summed E-state index contributed by atoms with van der Waals surface area (Å²) in [6.07, 6.45) is 2.38. The van der Waals surface area contributed by atoms with E-state index >= 15 is 0 Å². The summed E-state index contributed by atoms with van der Waals surface area (Å²) < 4.78 is 78.5. The summed E-state index contributed by atoms with van der Waals surface area (Å²) in [7, 11) is -5.99. The second-order valence-electron chi connectivity index (χ2n) is 4.38. The first kappa shape index (κ1) is 17.0. The van der Waals surface area contributed by atoms with Crippen molar-refractivity contribution in [3.05, 3.63) is 34.3 Å². The zero-order valence-electron chi connectivity index (χ0n) is 11.0. The largest absolute Gasteiger partial charge is 0.534 e. The Bertz CT molecular complexity index is 1080. The Morgan fingerprint density at radius 3 is 2.50 bits per heavy atom.